The van der Waals surface area contributed by atoms with Crippen molar-refractivity contribution < 1.29 is 9.53 Å². The van der Waals surface area contributed by atoms with Gasteiger partial charge in [0.15, 0.2) is 0 Å². The van der Waals surface area contributed by atoms with Crippen LogP contribution in [0.3, 0.4) is 0 Å². The van der Waals surface area contributed by atoms with Crippen molar-refractivity contribution in [1.29, 1.82) is 0 Å². The summed E-state index contributed by atoms with van der Waals surface area (Å²) in [5.74, 6) is 0.500. The molecule has 1 saturated heterocycles. The fraction of sp³-hybridized carbons (Fsp3) is 0.917. The van der Waals surface area contributed by atoms with Gasteiger partial charge in [-0.05, 0) is 43.9 Å². The van der Waals surface area contributed by atoms with Gasteiger partial charge < -0.3 is 10.1 Å². The van der Waals surface area contributed by atoms with Gasteiger partial charge in [-0.1, -0.05) is 0 Å². The maximum atomic E-state index is 11.5. The van der Waals surface area contributed by atoms with E-state index in [1.807, 2.05) is 0 Å². The molecule has 1 heterocycles. The summed E-state index contributed by atoms with van der Waals surface area (Å²) in [4.78, 5) is 11.5. The van der Waals surface area contributed by atoms with Gasteiger partial charge in [-0.2, -0.15) is 0 Å². The topological polar surface area (TPSA) is 38.3 Å². The highest BCUT2D eigenvalue weighted by atomic mass is 16.5. The molecule has 1 aliphatic heterocycles. The van der Waals surface area contributed by atoms with Gasteiger partial charge in [0.25, 0.3) is 0 Å². The molecule has 0 aromatic heterocycles. The van der Waals surface area contributed by atoms with Crippen LogP contribution in [0.1, 0.15) is 38.5 Å². The van der Waals surface area contributed by atoms with E-state index in [2.05, 4.69) is 5.32 Å². The summed E-state index contributed by atoms with van der Waals surface area (Å²) >= 11 is 0. The van der Waals surface area contributed by atoms with E-state index in [1.165, 1.54) is 25.7 Å². The summed E-state index contributed by atoms with van der Waals surface area (Å²) in [5, 5.41) is 2.76. The lowest BCUT2D eigenvalue weighted by molar-refractivity contribution is -0.127. The first-order chi connectivity index (χ1) is 7.26. The zero-order valence-electron chi connectivity index (χ0n) is 9.55. The molecule has 1 aliphatic carbocycles. The van der Waals surface area contributed by atoms with Crippen LogP contribution in [0.25, 0.3) is 0 Å². The largest absolute Gasteiger partial charge is 0.381 e. The number of ether oxygens (including phenoxy) is 1. The predicted molar refractivity (Wildman–Crippen MR) is 58.5 cm³/mol. The molecule has 3 heteroatoms. The van der Waals surface area contributed by atoms with Gasteiger partial charge in [-0.3, -0.25) is 4.79 Å². The number of nitrogens with one attached hydrogen (secondary N) is 1. The first-order valence-electron chi connectivity index (χ1n) is 6.05. The fourth-order valence-electron chi connectivity index (χ4n) is 3.00. The van der Waals surface area contributed by atoms with Gasteiger partial charge in [0.2, 0.25) is 5.91 Å². The normalized spacial score (nSPS) is 26.5. The Kier molecular flexibility index (Phi) is 3.29. The molecule has 0 unspecified atom stereocenters. The predicted octanol–water partition coefficient (Wildman–Crippen LogP) is 1.72. The van der Waals surface area contributed by atoms with Gasteiger partial charge in [0.1, 0.15) is 0 Å². The molecule has 1 spiro atoms. The van der Waals surface area contributed by atoms with E-state index in [-0.39, 0.29) is 11.8 Å². The van der Waals surface area contributed by atoms with Crippen LogP contribution in [0, 0.1) is 11.3 Å². The first kappa shape index (κ1) is 10.9. The summed E-state index contributed by atoms with van der Waals surface area (Å²) in [6.07, 6.45) is 6.98. The smallest absolute Gasteiger partial charge is 0.222 e. The van der Waals surface area contributed by atoms with Crippen LogP contribution < -0.4 is 5.32 Å². The fourth-order valence-corrected chi connectivity index (χ4v) is 3.00. The number of rotatable bonds is 1. The van der Waals surface area contributed by atoms with Gasteiger partial charge in [0, 0.05) is 26.2 Å². The van der Waals surface area contributed by atoms with Crippen LogP contribution in [0.5, 0.6) is 0 Å². The van der Waals surface area contributed by atoms with Crippen molar-refractivity contribution in [3.05, 3.63) is 0 Å². The quantitative estimate of drug-likeness (QED) is 0.717. The van der Waals surface area contributed by atoms with Crippen LogP contribution in [-0.4, -0.2) is 26.2 Å². The lowest BCUT2D eigenvalue weighted by Crippen LogP contribution is -2.37. The van der Waals surface area contributed by atoms with Crippen LogP contribution in [0.4, 0.5) is 0 Å². The molecular weight excluding hydrogens is 190 g/mol. The summed E-state index contributed by atoms with van der Waals surface area (Å²) in [6.45, 7) is 1.84. The third kappa shape index (κ3) is 2.33. The van der Waals surface area contributed by atoms with Crippen molar-refractivity contribution >= 4 is 5.91 Å². The summed E-state index contributed by atoms with van der Waals surface area (Å²) in [5.41, 5.74) is 0.517. The Labute approximate surface area is 91.6 Å². The number of carbonyl (C=O) groups is 1. The Hall–Kier alpha value is -0.570. The Morgan fingerprint density at radius 3 is 2.33 bits per heavy atom. The molecule has 2 rings (SSSR count). The second kappa shape index (κ2) is 4.52. The highest BCUT2D eigenvalue weighted by Crippen LogP contribution is 2.45. The maximum Gasteiger partial charge on any atom is 0.222 e. The first-order valence-corrected chi connectivity index (χ1v) is 6.05. The molecule has 0 aromatic carbocycles. The van der Waals surface area contributed by atoms with Gasteiger partial charge in [0.05, 0.1) is 0 Å². The molecule has 0 bridgehead atoms. The monoisotopic (exact) mass is 211 g/mol. The zero-order valence-corrected chi connectivity index (χ0v) is 9.55. The van der Waals surface area contributed by atoms with Crippen molar-refractivity contribution in [2.45, 2.75) is 38.5 Å². The van der Waals surface area contributed by atoms with Crippen LogP contribution in [0.2, 0.25) is 0 Å². The number of hydrogen-bond donors (Lipinski definition) is 1. The second-order valence-electron chi connectivity index (χ2n) is 5.00. The number of amides is 1. The molecule has 1 N–H and O–H groups in total. The average Bonchev–Trinajstić information content (AvgIpc) is 2.30. The SMILES string of the molecule is CNC(=O)C1CCC2(CCOCC2)CC1. The molecule has 1 saturated carbocycles. The third-order valence-corrected chi connectivity index (χ3v) is 4.22. The maximum absolute atomic E-state index is 11.5. The molecule has 0 atom stereocenters. The zero-order chi connectivity index (χ0) is 10.7. The Balaban J connectivity index is 1.88. The molecular formula is C12H21NO2. The van der Waals surface area contributed by atoms with Gasteiger partial charge in [-0.25, -0.2) is 0 Å². The highest BCUT2D eigenvalue weighted by Gasteiger charge is 2.38. The van der Waals surface area contributed by atoms with E-state index in [0.29, 0.717) is 5.41 Å². The van der Waals surface area contributed by atoms with Crippen molar-refractivity contribution in [3.8, 4) is 0 Å². The second-order valence-corrected chi connectivity index (χ2v) is 5.00. The number of carbonyl (C=O) groups excluding carboxylic acids is 1. The van der Waals surface area contributed by atoms with Crippen LogP contribution in [-0.2, 0) is 9.53 Å². The third-order valence-electron chi connectivity index (χ3n) is 4.22. The van der Waals surface area contributed by atoms with E-state index in [9.17, 15) is 4.79 Å². The van der Waals surface area contributed by atoms with Crippen molar-refractivity contribution in [2.24, 2.45) is 11.3 Å². The Morgan fingerprint density at radius 2 is 1.80 bits per heavy atom. The minimum atomic E-state index is 0.233. The molecule has 0 radical (unpaired) electrons. The molecule has 86 valence electrons. The van der Waals surface area contributed by atoms with Crippen LogP contribution in [0.15, 0.2) is 0 Å². The molecule has 1 amide bonds. The van der Waals surface area contributed by atoms with Crippen molar-refractivity contribution in [1.82, 2.24) is 5.32 Å². The average molecular weight is 211 g/mol. The Morgan fingerprint density at radius 1 is 1.20 bits per heavy atom. The molecule has 2 fully saturated rings. The summed E-state index contributed by atoms with van der Waals surface area (Å²) < 4.78 is 5.41. The number of hydrogen-bond acceptors (Lipinski definition) is 2. The van der Waals surface area contributed by atoms with Crippen LogP contribution >= 0.6 is 0 Å². The standard InChI is InChI=1S/C12H21NO2/c1-13-11(14)10-2-4-12(5-3-10)6-8-15-9-7-12/h10H,2-9H2,1H3,(H,13,14). The molecule has 2 aliphatic rings. The molecule has 15 heavy (non-hydrogen) atoms. The van der Waals surface area contributed by atoms with E-state index in [4.69, 9.17) is 4.74 Å². The van der Waals surface area contributed by atoms with E-state index >= 15 is 0 Å². The van der Waals surface area contributed by atoms with E-state index in [0.717, 1.165) is 26.1 Å². The summed E-state index contributed by atoms with van der Waals surface area (Å²) in [7, 11) is 1.74. The Bertz CT molecular complexity index is 224. The van der Waals surface area contributed by atoms with Crippen molar-refractivity contribution in [3.63, 3.8) is 0 Å². The molecule has 3 nitrogen and oxygen atoms in total. The van der Waals surface area contributed by atoms with Crippen molar-refractivity contribution in [2.75, 3.05) is 20.3 Å². The minimum Gasteiger partial charge on any atom is -0.381 e. The highest BCUT2D eigenvalue weighted by molar-refractivity contribution is 5.78. The van der Waals surface area contributed by atoms with Gasteiger partial charge >= 0.3 is 0 Å². The minimum absolute atomic E-state index is 0.233. The van der Waals surface area contributed by atoms with E-state index in [1.54, 1.807) is 7.05 Å². The lowest BCUT2D eigenvalue weighted by Gasteiger charge is -2.42. The van der Waals surface area contributed by atoms with Gasteiger partial charge in [-0.15, -0.1) is 0 Å². The van der Waals surface area contributed by atoms with E-state index < -0.39 is 0 Å². The lowest BCUT2D eigenvalue weighted by atomic mass is 9.66. The molecule has 0 aromatic rings. The summed E-state index contributed by atoms with van der Waals surface area (Å²) in [6, 6.07) is 0.